The summed E-state index contributed by atoms with van der Waals surface area (Å²) in [5.74, 6) is 0. The van der Waals surface area contributed by atoms with Crippen molar-refractivity contribution < 1.29 is 5.11 Å². The van der Waals surface area contributed by atoms with E-state index in [0.29, 0.717) is 0 Å². The van der Waals surface area contributed by atoms with Crippen LogP contribution in [-0.2, 0) is 0 Å². The van der Waals surface area contributed by atoms with Crippen LogP contribution < -0.4 is 0 Å². The molecule has 1 rings (SSSR count). The van der Waals surface area contributed by atoms with E-state index in [1.54, 1.807) is 0 Å². The van der Waals surface area contributed by atoms with Crippen LogP contribution in [0.15, 0.2) is 42.5 Å². The van der Waals surface area contributed by atoms with Crippen LogP contribution in [0.2, 0.25) is 17.7 Å². The van der Waals surface area contributed by atoms with Gasteiger partial charge in [-0.3, -0.25) is 0 Å². The summed E-state index contributed by atoms with van der Waals surface area (Å²) in [6, 6.07) is 10.0. The van der Waals surface area contributed by atoms with Gasteiger partial charge in [0.1, 0.15) is 0 Å². The molecule has 24 heavy (non-hydrogen) atoms. The van der Waals surface area contributed by atoms with Crippen LogP contribution in [0.1, 0.15) is 71.0 Å². The number of aliphatic hydroxyl groups excluding tert-OH is 1. The molecular weight excluding hydrogens is 399 g/mol. The number of hydrogen-bond donors (Lipinski definition) is 1. The molecule has 0 aromatic heterocycles. The number of unbranched alkanes of at least 4 members (excludes halogenated alkanes) is 3. The monoisotopic (exact) mass is 438 g/mol. The Kier molecular flexibility index (Phi) is 11.8. The minimum atomic E-state index is -2.08. The summed E-state index contributed by atoms with van der Waals surface area (Å²) >= 11 is -2.08. The van der Waals surface area contributed by atoms with Crippen LogP contribution in [-0.4, -0.2) is 23.5 Å². The predicted molar refractivity (Wildman–Crippen MR) is 110 cm³/mol. The molecule has 0 bridgehead atoms. The zero-order valence-electron chi connectivity index (χ0n) is 16.1. The van der Waals surface area contributed by atoms with E-state index in [1.807, 2.05) is 36.4 Å². The molecule has 1 nitrogen and oxygen atoms in total. The summed E-state index contributed by atoms with van der Waals surface area (Å²) in [4.78, 5) is 0. The van der Waals surface area contributed by atoms with Gasteiger partial charge in [0.25, 0.3) is 0 Å². The molecule has 1 atom stereocenters. The molecule has 1 N–H and O–H groups in total. The predicted octanol–water partition coefficient (Wildman–Crippen LogP) is 7.13. The first-order valence-corrected chi connectivity index (χ1v) is 18.1. The van der Waals surface area contributed by atoms with Gasteiger partial charge in [0, 0.05) is 0 Å². The molecule has 0 heterocycles. The zero-order valence-corrected chi connectivity index (χ0v) is 19.0. The van der Waals surface area contributed by atoms with Crippen molar-refractivity contribution in [3.8, 4) is 0 Å². The third kappa shape index (κ3) is 8.20. The molecule has 1 unspecified atom stereocenters. The molecule has 0 saturated heterocycles. The molecule has 0 aliphatic carbocycles. The van der Waals surface area contributed by atoms with Crippen LogP contribution in [0.5, 0.6) is 0 Å². The number of aliphatic hydroxyl groups is 1. The number of benzene rings is 1. The summed E-state index contributed by atoms with van der Waals surface area (Å²) in [7, 11) is 0. The van der Waals surface area contributed by atoms with Crippen molar-refractivity contribution >= 4 is 18.4 Å². The maximum absolute atomic E-state index is 10.4. The van der Waals surface area contributed by atoms with Gasteiger partial charge in [0.05, 0.1) is 0 Å². The normalized spacial score (nSPS) is 13.5. The van der Waals surface area contributed by atoms with Crippen LogP contribution in [0.4, 0.5) is 0 Å². The van der Waals surface area contributed by atoms with Crippen LogP contribution in [0.3, 0.4) is 0 Å². The summed E-state index contributed by atoms with van der Waals surface area (Å²) in [6.07, 6.45) is 12.2. The van der Waals surface area contributed by atoms with Crippen molar-refractivity contribution in [3.63, 3.8) is 0 Å². The van der Waals surface area contributed by atoms with E-state index in [0.717, 1.165) is 5.56 Å². The van der Waals surface area contributed by atoms with Crippen LogP contribution in [0, 0.1) is 0 Å². The van der Waals surface area contributed by atoms with Crippen molar-refractivity contribution in [2.45, 2.75) is 83.1 Å². The second-order valence-electron chi connectivity index (χ2n) is 7.30. The van der Waals surface area contributed by atoms with E-state index in [9.17, 15) is 5.11 Å². The molecule has 0 aliphatic heterocycles. The van der Waals surface area contributed by atoms with Crippen molar-refractivity contribution in [3.05, 3.63) is 48.0 Å². The molecule has 1 aromatic carbocycles. The second kappa shape index (κ2) is 13.0. The average molecular weight is 437 g/mol. The first kappa shape index (κ1) is 21.8. The third-order valence-corrected chi connectivity index (χ3v) is 20.4. The fraction of sp³-hybridized carbons (Fsp3) is 0.636. The first-order chi connectivity index (χ1) is 11.7. The Hall–Kier alpha value is -0.281. The Balaban J connectivity index is 2.74. The van der Waals surface area contributed by atoms with Crippen LogP contribution >= 0.6 is 0 Å². The van der Waals surface area contributed by atoms with Gasteiger partial charge in [0.2, 0.25) is 0 Å². The Bertz CT molecular complexity index is 419. The zero-order chi connectivity index (χ0) is 17.7. The molecule has 0 spiro atoms. The third-order valence-electron chi connectivity index (χ3n) is 5.19. The molecular formula is C22H38OSn. The Morgan fingerprint density at radius 1 is 0.875 bits per heavy atom. The van der Waals surface area contributed by atoms with Gasteiger partial charge in [-0.2, -0.15) is 0 Å². The molecule has 0 amide bonds. The summed E-state index contributed by atoms with van der Waals surface area (Å²) in [5.41, 5.74) is 1.00. The molecule has 0 fully saturated rings. The molecule has 0 saturated carbocycles. The Morgan fingerprint density at radius 3 is 1.83 bits per heavy atom. The van der Waals surface area contributed by atoms with Crippen molar-refractivity contribution in [2.24, 2.45) is 0 Å². The minimum absolute atomic E-state index is 0.446. The molecule has 2 heteroatoms. The number of hydrogen-bond acceptors (Lipinski definition) is 1. The second-order valence-corrected chi connectivity index (χ2v) is 21.3. The molecule has 0 radical (unpaired) electrons. The van der Waals surface area contributed by atoms with Gasteiger partial charge in [-0.15, -0.1) is 0 Å². The molecule has 1 aromatic rings. The molecule has 136 valence electrons. The van der Waals surface area contributed by atoms with E-state index >= 15 is 0 Å². The summed E-state index contributed by atoms with van der Waals surface area (Å²) in [6.45, 7) is 6.97. The quantitative estimate of drug-likeness (QED) is 0.257. The van der Waals surface area contributed by atoms with Gasteiger partial charge in [-0.1, -0.05) is 0 Å². The maximum atomic E-state index is 10.4. The average Bonchev–Trinajstić information content (AvgIpc) is 2.63. The van der Waals surface area contributed by atoms with E-state index in [1.165, 1.54) is 56.3 Å². The molecule has 0 aliphatic rings. The number of rotatable bonds is 13. The Labute approximate surface area is 154 Å². The SMILES string of the molecule is CCC[CH2][Sn]([CH2]/C=C\C(O)c1ccccc1)([CH2]CCC)[CH2]CCC. The van der Waals surface area contributed by atoms with E-state index in [4.69, 9.17) is 0 Å². The van der Waals surface area contributed by atoms with Gasteiger partial charge in [-0.25, -0.2) is 0 Å². The van der Waals surface area contributed by atoms with Crippen LogP contribution in [0.25, 0.3) is 0 Å². The fourth-order valence-corrected chi connectivity index (χ4v) is 18.7. The van der Waals surface area contributed by atoms with Gasteiger partial charge in [-0.05, 0) is 0 Å². The van der Waals surface area contributed by atoms with Crippen molar-refractivity contribution in [1.82, 2.24) is 0 Å². The van der Waals surface area contributed by atoms with Crippen molar-refractivity contribution in [2.75, 3.05) is 0 Å². The van der Waals surface area contributed by atoms with E-state index in [2.05, 4.69) is 26.8 Å². The standard InChI is InChI=1S/C10H11O.3C4H9.Sn/c1-2-6-10(11)9-7-4-3-5-8-9;3*1-3-4-2;/h2-8,10-11H,1H2;3*1,3-4H2,2H3;/b6-2-;;;;. The fourth-order valence-electron chi connectivity index (χ4n) is 3.54. The summed E-state index contributed by atoms with van der Waals surface area (Å²) < 4.78 is 5.93. The Morgan fingerprint density at radius 2 is 1.38 bits per heavy atom. The van der Waals surface area contributed by atoms with Gasteiger partial charge in [0.15, 0.2) is 0 Å². The van der Waals surface area contributed by atoms with Crippen molar-refractivity contribution in [1.29, 1.82) is 0 Å². The van der Waals surface area contributed by atoms with E-state index in [-0.39, 0.29) is 0 Å². The topological polar surface area (TPSA) is 20.2 Å². The van der Waals surface area contributed by atoms with Gasteiger partial charge < -0.3 is 0 Å². The first-order valence-electron chi connectivity index (χ1n) is 10.1. The van der Waals surface area contributed by atoms with Gasteiger partial charge >= 0.3 is 155 Å². The summed E-state index contributed by atoms with van der Waals surface area (Å²) in [5, 5.41) is 10.4. The van der Waals surface area contributed by atoms with E-state index < -0.39 is 24.5 Å². The number of allylic oxidation sites excluding steroid dienone is 1.